The summed E-state index contributed by atoms with van der Waals surface area (Å²) in [6.07, 6.45) is 5.95. The lowest BCUT2D eigenvalue weighted by molar-refractivity contribution is 0.505. The van der Waals surface area contributed by atoms with Crippen LogP contribution in [-0.4, -0.2) is 9.97 Å². The number of hydrogen-bond acceptors (Lipinski definition) is 3. The van der Waals surface area contributed by atoms with Crippen molar-refractivity contribution in [3.63, 3.8) is 0 Å². The predicted octanol–water partition coefficient (Wildman–Crippen LogP) is 2.76. The van der Waals surface area contributed by atoms with Gasteiger partial charge in [0.05, 0.1) is 0 Å². The zero-order valence-electron chi connectivity index (χ0n) is 7.59. The minimum absolute atomic E-state index is 0.421. The Kier molecular flexibility index (Phi) is 1.74. The van der Waals surface area contributed by atoms with E-state index in [9.17, 15) is 0 Å². The molecule has 0 spiro atoms. The van der Waals surface area contributed by atoms with Crippen molar-refractivity contribution in [2.24, 2.45) is 0 Å². The summed E-state index contributed by atoms with van der Waals surface area (Å²) in [6.45, 7) is 0. The van der Waals surface area contributed by atoms with E-state index in [1.54, 1.807) is 0 Å². The van der Waals surface area contributed by atoms with Gasteiger partial charge in [-0.25, -0.2) is 9.97 Å². The zero-order valence-corrected chi connectivity index (χ0v) is 8.34. The molecular weight excluding hydrogens is 200 g/mol. The van der Waals surface area contributed by atoms with E-state index in [2.05, 4.69) is 9.97 Å². The molecule has 0 atom stereocenters. The van der Waals surface area contributed by atoms with Crippen LogP contribution in [-0.2, 0) is 12.8 Å². The van der Waals surface area contributed by atoms with E-state index in [1.807, 2.05) is 0 Å². The van der Waals surface area contributed by atoms with Gasteiger partial charge in [0.15, 0.2) is 10.7 Å². The van der Waals surface area contributed by atoms with Crippen LogP contribution in [0.4, 0.5) is 0 Å². The van der Waals surface area contributed by atoms with Crippen LogP contribution in [0, 0.1) is 0 Å². The number of halogens is 1. The first-order valence-corrected chi connectivity index (χ1v) is 5.15. The Bertz CT molecular complexity index is 492. The van der Waals surface area contributed by atoms with Crippen LogP contribution >= 0.6 is 11.6 Å². The topological polar surface area (TPSA) is 38.9 Å². The first kappa shape index (κ1) is 8.24. The molecule has 0 aromatic carbocycles. The summed E-state index contributed by atoms with van der Waals surface area (Å²) in [4.78, 5) is 8.14. The van der Waals surface area contributed by atoms with Gasteiger partial charge in [-0.2, -0.15) is 0 Å². The van der Waals surface area contributed by atoms with Gasteiger partial charge in [0.25, 0.3) is 0 Å². The molecule has 72 valence electrons. The molecule has 3 rings (SSSR count). The fourth-order valence-electron chi connectivity index (χ4n) is 2.02. The summed E-state index contributed by atoms with van der Waals surface area (Å²) in [5.41, 5.74) is 2.79. The van der Waals surface area contributed by atoms with Gasteiger partial charge in [-0.3, -0.25) is 0 Å². The molecule has 2 aromatic rings. The van der Waals surface area contributed by atoms with Crippen molar-refractivity contribution in [3.8, 4) is 0 Å². The molecule has 0 saturated carbocycles. The summed E-state index contributed by atoms with van der Waals surface area (Å²) >= 11 is 5.93. The molecule has 2 aromatic heterocycles. The van der Waals surface area contributed by atoms with Crippen molar-refractivity contribution in [2.45, 2.75) is 25.7 Å². The molecule has 3 nitrogen and oxygen atoms in total. The van der Waals surface area contributed by atoms with Gasteiger partial charge in [0.2, 0.25) is 0 Å². The number of hydrogen-bond donors (Lipinski definition) is 0. The molecule has 0 unspecified atom stereocenters. The summed E-state index contributed by atoms with van der Waals surface area (Å²) in [5.74, 6) is 1.05. The molecule has 1 aliphatic rings. The number of furan rings is 1. The third-order valence-corrected chi connectivity index (χ3v) is 2.96. The van der Waals surface area contributed by atoms with E-state index >= 15 is 0 Å². The minimum atomic E-state index is 0.421. The monoisotopic (exact) mass is 208 g/mol. The van der Waals surface area contributed by atoms with E-state index < -0.39 is 0 Å². The van der Waals surface area contributed by atoms with Crippen LogP contribution in [0.1, 0.15) is 24.2 Å². The van der Waals surface area contributed by atoms with Crippen LogP contribution in [0.15, 0.2) is 10.7 Å². The second-order valence-corrected chi connectivity index (χ2v) is 3.91. The largest absolute Gasteiger partial charge is 0.456 e. The lowest BCUT2D eigenvalue weighted by Gasteiger charge is -2.07. The molecule has 1 aliphatic carbocycles. The maximum Gasteiger partial charge on any atom is 0.190 e. The average molecular weight is 209 g/mol. The lowest BCUT2D eigenvalue weighted by atomic mass is 9.98. The van der Waals surface area contributed by atoms with Crippen molar-refractivity contribution in [2.75, 3.05) is 0 Å². The van der Waals surface area contributed by atoms with Crippen LogP contribution in [0.25, 0.3) is 11.1 Å². The average Bonchev–Trinajstić information content (AvgIpc) is 2.59. The molecule has 0 saturated heterocycles. The van der Waals surface area contributed by atoms with E-state index in [-0.39, 0.29) is 0 Å². The highest BCUT2D eigenvalue weighted by atomic mass is 35.5. The van der Waals surface area contributed by atoms with Crippen molar-refractivity contribution in [3.05, 3.63) is 22.8 Å². The number of aryl methyl sites for hydroxylation is 2. The quantitative estimate of drug-likeness (QED) is 0.625. The van der Waals surface area contributed by atoms with E-state index in [0.717, 1.165) is 24.1 Å². The van der Waals surface area contributed by atoms with Crippen LogP contribution < -0.4 is 0 Å². The van der Waals surface area contributed by atoms with Crippen LogP contribution in [0.5, 0.6) is 0 Å². The molecule has 0 bridgehead atoms. The molecule has 14 heavy (non-hydrogen) atoms. The van der Waals surface area contributed by atoms with Crippen LogP contribution in [0.3, 0.4) is 0 Å². The molecule has 0 aliphatic heterocycles. The van der Waals surface area contributed by atoms with E-state index in [1.165, 1.54) is 24.7 Å². The van der Waals surface area contributed by atoms with Gasteiger partial charge in [-0.1, -0.05) is 11.6 Å². The van der Waals surface area contributed by atoms with Gasteiger partial charge in [0.1, 0.15) is 17.6 Å². The zero-order chi connectivity index (χ0) is 9.54. The SMILES string of the molecule is Clc1ncnc2c3c(oc12)CCCC3. The second-order valence-electron chi connectivity index (χ2n) is 3.55. The number of aromatic nitrogens is 2. The minimum Gasteiger partial charge on any atom is -0.456 e. The molecule has 2 heterocycles. The van der Waals surface area contributed by atoms with E-state index in [0.29, 0.717) is 10.7 Å². The Morgan fingerprint density at radius 1 is 1.21 bits per heavy atom. The fourth-order valence-corrected chi connectivity index (χ4v) is 2.19. The molecule has 0 radical (unpaired) electrons. The Hall–Kier alpha value is -1.09. The van der Waals surface area contributed by atoms with Gasteiger partial charge in [-0.05, 0) is 19.3 Å². The third-order valence-electron chi connectivity index (χ3n) is 2.69. The first-order chi connectivity index (χ1) is 6.86. The highest BCUT2D eigenvalue weighted by Crippen LogP contribution is 2.32. The fraction of sp³-hybridized carbons (Fsp3) is 0.400. The third kappa shape index (κ3) is 1.05. The van der Waals surface area contributed by atoms with Crippen molar-refractivity contribution in [1.29, 1.82) is 0 Å². The Balaban J connectivity index is 2.36. The van der Waals surface area contributed by atoms with Crippen LogP contribution in [0.2, 0.25) is 5.15 Å². The maximum atomic E-state index is 5.93. The van der Waals surface area contributed by atoms with Gasteiger partial charge >= 0.3 is 0 Å². The summed E-state index contributed by atoms with van der Waals surface area (Å²) in [6, 6.07) is 0. The second kappa shape index (κ2) is 2.95. The summed E-state index contributed by atoms with van der Waals surface area (Å²) < 4.78 is 5.66. The highest BCUT2D eigenvalue weighted by Gasteiger charge is 2.20. The molecule has 0 amide bonds. The molecule has 0 fully saturated rings. The smallest absolute Gasteiger partial charge is 0.190 e. The standard InChI is InChI=1S/C10H9ClN2O/c11-10-9-8(12-5-13-10)6-3-1-2-4-7(6)14-9/h5H,1-4H2. The van der Waals surface area contributed by atoms with Crippen molar-refractivity contribution in [1.82, 2.24) is 9.97 Å². The highest BCUT2D eigenvalue weighted by molar-refractivity contribution is 6.33. The number of nitrogens with zero attached hydrogens (tertiary/aromatic N) is 2. The first-order valence-electron chi connectivity index (χ1n) is 4.77. The number of fused-ring (bicyclic) bond motifs is 3. The lowest BCUT2D eigenvalue weighted by Crippen LogP contribution is -1.99. The summed E-state index contributed by atoms with van der Waals surface area (Å²) in [5, 5.41) is 0.421. The Labute approximate surface area is 86.1 Å². The maximum absolute atomic E-state index is 5.93. The van der Waals surface area contributed by atoms with Crippen molar-refractivity contribution < 1.29 is 4.42 Å². The molecule has 4 heteroatoms. The predicted molar refractivity (Wildman–Crippen MR) is 53.5 cm³/mol. The molecular formula is C10H9ClN2O. The Morgan fingerprint density at radius 2 is 2.07 bits per heavy atom. The normalized spacial score (nSPS) is 15.8. The van der Waals surface area contributed by atoms with Gasteiger partial charge in [0, 0.05) is 12.0 Å². The number of rotatable bonds is 0. The van der Waals surface area contributed by atoms with E-state index in [4.69, 9.17) is 16.0 Å². The summed E-state index contributed by atoms with van der Waals surface area (Å²) in [7, 11) is 0. The van der Waals surface area contributed by atoms with Crippen molar-refractivity contribution >= 4 is 22.7 Å². The molecule has 0 N–H and O–H groups in total. The van der Waals surface area contributed by atoms with Gasteiger partial charge in [-0.15, -0.1) is 0 Å². The van der Waals surface area contributed by atoms with Gasteiger partial charge < -0.3 is 4.42 Å². The Morgan fingerprint density at radius 3 is 3.00 bits per heavy atom.